The lowest BCUT2D eigenvalue weighted by Gasteiger charge is -2.33. The van der Waals surface area contributed by atoms with Crippen molar-refractivity contribution in [2.45, 2.75) is 84.0 Å². The summed E-state index contributed by atoms with van der Waals surface area (Å²) in [7, 11) is 0. The molecule has 2 saturated heterocycles. The van der Waals surface area contributed by atoms with Gasteiger partial charge in [-0.3, -0.25) is 9.59 Å². The van der Waals surface area contributed by atoms with Crippen LogP contribution in [0.2, 0.25) is 0 Å². The molecular formula is C27H41N5O4. The van der Waals surface area contributed by atoms with E-state index in [2.05, 4.69) is 22.1 Å². The molecular weight excluding hydrogens is 458 g/mol. The average molecular weight is 500 g/mol. The summed E-state index contributed by atoms with van der Waals surface area (Å²) < 4.78 is 13.4. The molecule has 0 saturated carbocycles. The first-order valence-corrected chi connectivity index (χ1v) is 13.5. The Balaban J connectivity index is 1.27. The number of carbonyl (C=O) groups excluding carboxylic acids is 2. The van der Waals surface area contributed by atoms with E-state index in [0.29, 0.717) is 50.2 Å². The summed E-state index contributed by atoms with van der Waals surface area (Å²) in [5, 5.41) is 2.97. The molecule has 2 atom stereocenters. The molecule has 2 amide bonds. The van der Waals surface area contributed by atoms with Crippen LogP contribution in [-0.2, 0) is 22.6 Å². The molecule has 36 heavy (non-hydrogen) atoms. The van der Waals surface area contributed by atoms with Crippen LogP contribution in [-0.4, -0.2) is 76.1 Å². The van der Waals surface area contributed by atoms with Crippen LogP contribution >= 0.6 is 0 Å². The predicted octanol–water partition coefficient (Wildman–Crippen LogP) is 3.44. The van der Waals surface area contributed by atoms with Gasteiger partial charge in [0, 0.05) is 50.6 Å². The van der Waals surface area contributed by atoms with E-state index in [0.717, 1.165) is 44.7 Å². The molecule has 0 bridgehead atoms. The molecule has 0 aliphatic carbocycles. The summed E-state index contributed by atoms with van der Waals surface area (Å²) in [6, 6.07) is 4.59. The average Bonchev–Trinajstić information content (AvgIpc) is 3.65. The number of ether oxygens (including phenoxy) is 1. The van der Waals surface area contributed by atoms with E-state index in [1.807, 2.05) is 34.7 Å². The second kappa shape index (κ2) is 13.1. The largest absolute Gasteiger partial charge is 0.446 e. The Kier molecular flexibility index (Phi) is 9.58. The van der Waals surface area contributed by atoms with Crippen molar-refractivity contribution < 1.29 is 18.7 Å². The molecule has 2 aliphatic heterocycles. The third kappa shape index (κ3) is 7.20. The van der Waals surface area contributed by atoms with E-state index in [-0.39, 0.29) is 17.9 Å². The minimum atomic E-state index is -0.208. The fraction of sp³-hybridized carbons (Fsp3) is 0.667. The van der Waals surface area contributed by atoms with E-state index < -0.39 is 0 Å². The van der Waals surface area contributed by atoms with Gasteiger partial charge in [-0.1, -0.05) is 13.3 Å². The Bertz CT molecular complexity index is 980. The van der Waals surface area contributed by atoms with Crippen molar-refractivity contribution in [1.82, 2.24) is 24.7 Å². The van der Waals surface area contributed by atoms with Crippen LogP contribution in [0.1, 0.15) is 80.9 Å². The number of hydrogen-bond donors (Lipinski definition) is 1. The van der Waals surface area contributed by atoms with Gasteiger partial charge in [-0.15, -0.1) is 0 Å². The zero-order valence-corrected chi connectivity index (χ0v) is 21.8. The molecule has 1 N–H and O–H groups in total. The predicted molar refractivity (Wildman–Crippen MR) is 137 cm³/mol. The molecule has 9 heteroatoms. The molecule has 4 heterocycles. The first-order chi connectivity index (χ1) is 17.5. The van der Waals surface area contributed by atoms with Gasteiger partial charge in [0.05, 0.1) is 19.2 Å². The summed E-state index contributed by atoms with van der Waals surface area (Å²) in [6.07, 6.45) is 10.8. The number of carbonyl (C=O) groups is 2. The van der Waals surface area contributed by atoms with Gasteiger partial charge >= 0.3 is 0 Å². The zero-order chi connectivity index (χ0) is 25.3. The number of rotatable bonds is 12. The summed E-state index contributed by atoms with van der Waals surface area (Å²) >= 11 is 0. The summed E-state index contributed by atoms with van der Waals surface area (Å²) in [6.45, 7) is 9.24. The van der Waals surface area contributed by atoms with E-state index in [9.17, 15) is 9.59 Å². The Morgan fingerprint density at radius 3 is 2.92 bits per heavy atom. The lowest BCUT2D eigenvalue weighted by molar-refractivity contribution is -0.133. The van der Waals surface area contributed by atoms with Crippen molar-refractivity contribution in [2.75, 3.05) is 32.8 Å². The van der Waals surface area contributed by atoms with Gasteiger partial charge < -0.3 is 28.8 Å². The first-order valence-electron chi connectivity index (χ1n) is 13.5. The Morgan fingerprint density at radius 2 is 2.14 bits per heavy atom. The quantitative estimate of drug-likeness (QED) is 0.450. The van der Waals surface area contributed by atoms with Crippen LogP contribution in [0, 0.1) is 0 Å². The molecule has 0 spiro atoms. The topological polar surface area (TPSA) is 92.8 Å². The molecule has 4 rings (SSSR count). The highest BCUT2D eigenvalue weighted by Crippen LogP contribution is 2.18. The minimum absolute atomic E-state index is 0.111. The fourth-order valence-electron chi connectivity index (χ4n) is 5.15. The molecule has 2 fully saturated rings. The lowest BCUT2D eigenvalue weighted by atomic mass is 10.0. The number of nitrogens with one attached hydrogen (secondary N) is 1. The summed E-state index contributed by atoms with van der Waals surface area (Å²) in [4.78, 5) is 33.9. The van der Waals surface area contributed by atoms with Crippen LogP contribution < -0.4 is 5.32 Å². The first kappa shape index (κ1) is 26.4. The van der Waals surface area contributed by atoms with Gasteiger partial charge in [0.25, 0.3) is 5.91 Å². The molecule has 2 aliphatic rings. The van der Waals surface area contributed by atoms with Crippen molar-refractivity contribution in [3.63, 3.8) is 0 Å². The number of likely N-dealkylation sites (tertiary alicyclic amines) is 1. The maximum atomic E-state index is 12.6. The molecule has 9 nitrogen and oxygen atoms in total. The van der Waals surface area contributed by atoms with Crippen LogP contribution in [0.25, 0.3) is 0 Å². The maximum Gasteiger partial charge on any atom is 0.273 e. The van der Waals surface area contributed by atoms with Crippen molar-refractivity contribution in [3.8, 4) is 0 Å². The zero-order valence-electron chi connectivity index (χ0n) is 21.8. The molecule has 2 aromatic rings. The third-order valence-electron chi connectivity index (χ3n) is 7.32. The number of amides is 2. The van der Waals surface area contributed by atoms with Crippen LogP contribution in [0.3, 0.4) is 0 Å². The number of hydrogen-bond acceptors (Lipinski definition) is 6. The highest BCUT2D eigenvalue weighted by molar-refractivity contribution is 5.91. The van der Waals surface area contributed by atoms with Crippen LogP contribution in [0.15, 0.2) is 29.0 Å². The Hall–Kier alpha value is -2.65. The Labute approximate surface area is 214 Å². The summed E-state index contributed by atoms with van der Waals surface area (Å²) in [5.74, 6) is 0.371. The van der Waals surface area contributed by atoms with E-state index >= 15 is 0 Å². The van der Waals surface area contributed by atoms with Gasteiger partial charge in [0.1, 0.15) is 6.26 Å². The number of piperidine rings is 1. The Morgan fingerprint density at radius 1 is 1.25 bits per heavy atom. The van der Waals surface area contributed by atoms with Gasteiger partial charge in [-0.2, -0.15) is 0 Å². The summed E-state index contributed by atoms with van der Waals surface area (Å²) in [5.41, 5.74) is 1.29. The van der Waals surface area contributed by atoms with Crippen LogP contribution in [0.5, 0.6) is 0 Å². The maximum absolute atomic E-state index is 12.6. The van der Waals surface area contributed by atoms with Gasteiger partial charge in [0.15, 0.2) is 5.69 Å². The normalized spacial score (nSPS) is 20.5. The number of oxazole rings is 1. The van der Waals surface area contributed by atoms with Crippen molar-refractivity contribution >= 4 is 11.8 Å². The molecule has 0 aromatic carbocycles. The third-order valence-corrected chi connectivity index (χ3v) is 7.32. The number of nitrogens with zero attached hydrogens (tertiary/aromatic N) is 4. The van der Waals surface area contributed by atoms with E-state index in [1.54, 1.807) is 0 Å². The lowest BCUT2D eigenvalue weighted by Crippen LogP contribution is -2.39. The highest BCUT2D eigenvalue weighted by Gasteiger charge is 2.23. The molecule has 2 aromatic heterocycles. The monoisotopic (exact) mass is 499 g/mol. The fourth-order valence-corrected chi connectivity index (χ4v) is 5.15. The molecule has 0 radical (unpaired) electrons. The van der Waals surface area contributed by atoms with Gasteiger partial charge in [0.2, 0.25) is 11.8 Å². The standard InChI is InChI=1S/C27H41N5O4/c1-3-26(33)32(18-23-11-7-16-35-23)17-22-10-6-14-31(22)19-25-29-24(20-36-25)27(34)28-12-8-15-30-13-5-4-9-21(30)2/h6,10,14,20-21,23H,3-5,7-9,11-13,15-19H2,1-2H3,(H,28,34). The van der Waals surface area contributed by atoms with E-state index in [1.165, 1.54) is 25.5 Å². The highest BCUT2D eigenvalue weighted by atomic mass is 16.5. The van der Waals surface area contributed by atoms with Gasteiger partial charge in [-0.25, -0.2) is 4.98 Å². The molecule has 198 valence electrons. The number of aromatic nitrogens is 2. The van der Waals surface area contributed by atoms with E-state index in [4.69, 9.17) is 9.15 Å². The van der Waals surface area contributed by atoms with Crippen LogP contribution in [0.4, 0.5) is 0 Å². The SMILES string of the molecule is CCC(=O)N(Cc1cccn1Cc1nc(C(=O)NCCCN2CCCCC2C)co1)CC1CCCO1. The van der Waals surface area contributed by atoms with Crippen molar-refractivity contribution in [3.05, 3.63) is 41.9 Å². The van der Waals surface area contributed by atoms with Crippen molar-refractivity contribution in [1.29, 1.82) is 0 Å². The van der Waals surface area contributed by atoms with Crippen molar-refractivity contribution in [2.24, 2.45) is 0 Å². The second-order valence-electron chi connectivity index (χ2n) is 10.0. The second-order valence-corrected chi connectivity index (χ2v) is 10.0. The molecule has 2 unspecified atom stereocenters. The minimum Gasteiger partial charge on any atom is -0.446 e. The smallest absolute Gasteiger partial charge is 0.273 e. The van der Waals surface area contributed by atoms with Gasteiger partial charge in [-0.05, 0) is 57.7 Å².